The molecule has 5 rings (SSSR count). The first-order valence-electron chi connectivity index (χ1n) is 12.0. The van der Waals surface area contributed by atoms with E-state index in [2.05, 4.69) is 32.5 Å². The predicted molar refractivity (Wildman–Crippen MR) is 131 cm³/mol. The van der Waals surface area contributed by atoms with Crippen molar-refractivity contribution in [3.8, 4) is 5.75 Å². The average molecular weight is 477 g/mol. The SMILES string of the molecule is COc1ccc2cc([C@@H](c3nnnn3Cc3ccc(F)cc3)N(C)C3CCCCC3)c(=O)[nH]c2c1. The van der Waals surface area contributed by atoms with Gasteiger partial charge in [-0.05, 0) is 71.6 Å². The minimum Gasteiger partial charge on any atom is -0.497 e. The van der Waals surface area contributed by atoms with Crippen molar-refractivity contribution >= 4 is 10.9 Å². The van der Waals surface area contributed by atoms with E-state index in [1.165, 1.54) is 18.6 Å². The monoisotopic (exact) mass is 476 g/mol. The number of nitrogens with one attached hydrogen (secondary N) is 1. The van der Waals surface area contributed by atoms with E-state index in [4.69, 9.17) is 4.74 Å². The third-order valence-electron chi connectivity index (χ3n) is 6.98. The summed E-state index contributed by atoms with van der Waals surface area (Å²) in [4.78, 5) is 18.7. The van der Waals surface area contributed by atoms with Gasteiger partial charge in [-0.15, -0.1) is 5.10 Å². The molecule has 2 aromatic carbocycles. The smallest absolute Gasteiger partial charge is 0.253 e. The number of aromatic nitrogens is 5. The number of tetrazole rings is 1. The molecule has 1 aliphatic carbocycles. The van der Waals surface area contributed by atoms with Crippen LogP contribution in [0.3, 0.4) is 0 Å². The molecule has 9 heteroatoms. The molecule has 1 N–H and O–H groups in total. The summed E-state index contributed by atoms with van der Waals surface area (Å²) >= 11 is 0. The summed E-state index contributed by atoms with van der Waals surface area (Å²) < 4.78 is 20.4. The maximum atomic E-state index is 13.4. The number of benzene rings is 2. The first kappa shape index (κ1) is 23.2. The maximum absolute atomic E-state index is 13.4. The van der Waals surface area contributed by atoms with Crippen LogP contribution < -0.4 is 10.3 Å². The number of rotatable bonds is 7. The van der Waals surface area contributed by atoms with Crippen LogP contribution in [-0.2, 0) is 6.54 Å². The van der Waals surface area contributed by atoms with Crippen LogP contribution in [0.25, 0.3) is 10.9 Å². The topological polar surface area (TPSA) is 88.9 Å². The van der Waals surface area contributed by atoms with E-state index >= 15 is 0 Å². The Kier molecular flexibility index (Phi) is 6.59. The van der Waals surface area contributed by atoms with Crippen LogP contribution in [0.15, 0.2) is 53.3 Å². The number of nitrogens with zero attached hydrogens (tertiary/aromatic N) is 5. The molecule has 8 nitrogen and oxygen atoms in total. The number of methoxy groups -OCH3 is 1. The number of aromatic amines is 1. The van der Waals surface area contributed by atoms with Crippen LogP contribution in [-0.4, -0.2) is 50.3 Å². The fourth-order valence-electron chi connectivity index (χ4n) is 5.05. The molecule has 4 aromatic rings. The summed E-state index contributed by atoms with van der Waals surface area (Å²) in [7, 11) is 3.65. The van der Waals surface area contributed by atoms with Gasteiger partial charge in [-0.25, -0.2) is 9.07 Å². The van der Waals surface area contributed by atoms with Gasteiger partial charge in [0.1, 0.15) is 17.6 Å². The second-order valence-electron chi connectivity index (χ2n) is 9.19. The van der Waals surface area contributed by atoms with Crippen LogP contribution in [0.2, 0.25) is 0 Å². The fraction of sp³-hybridized carbons (Fsp3) is 0.385. The lowest BCUT2D eigenvalue weighted by Gasteiger charge is -2.36. The van der Waals surface area contributed by atoms with E-state index in [1.807, 2.05) is 24.3 Å². The molecule has 1 saturated carbocycles. The molecule has 0 aliphatic heterocycles. The highest BCUT2D eigenvalue weighted by atomic mass is 19.1. The highest BCUT2D eigenvalue weighted by Crippen LogP contribution is 2.32. The lowest BCUT2D eigenvalue weighted by molar-refractivity contribution is 0.149. The molecule has 2 aromatic heterocycles. The third-order valence-corrected chi connectivity index (χ3v) is 6.98. The van der Waals surface area contributed by atoms with Gasteiger partial charge in [0, 0.05) is 17.7 Å². The zero-order valence-corrected chi connectivity index (χ0v) is 19.9. The van der Waals surface area contributed by atoms with E-state index < -0.39 is 6.04 Å². The minimum atomic E-state index is -0.441. The van der Waals surface area contributed by atoms with E-state index in [0.29, 0.717) is 35.2 Å². The van der Waals surface area contributed by atoms with Gasteiger partial charge in [0.25, 0.3) is 5.56 Å². The van der Waals surface area contributed by atoms with Crippen LogP contribution in [0.1, 0.15) is 55.1 Å². The summed E-state index contributed by atoms with van der Waals surface area (Å²) in [6, 6.07) is 13.7. The fourth-order valence-corrected chi connectivity index (χ4v) is 5.05. The van der Waals surface area contributed by atoms with Crippen molar-refractivity contribution in [1.29, 1.82) is 0 Å². The van der Waals surface area contributed by atoms with E-state index in [9.17, 15) is 9.18 Å². The molecule has 35 heavy (non-hydrogen) atoms. The molecule has 1 aliphatic rings. The van der Waals surface area contributed by atoms with Crippen molar-refractivity contribution < 1.29 is 9.13 Å². The van der Waals surface area contributed by atoms with Crippen molar-refractivity contribution in [2.45, 2.75) is 50.7 Å². The molecule has 0 unspecified atom stereocenters. The lowest BCUT2D eigenvalue weighted by atomic mass is 9.92. The molecular formula is C26H29FN6O2. The Bertz CT molecular complexity index is 1360. The van der Waals surface area contributed by atoms with Crippen LogP contribution >= 0.6 is 0 Å². The summed E-state index contributed by atoms with van der Waals surface area (Å²) in [6.07, 6.45) is 5.69. The average Bonchev–Trinajstić information content (AvgIpc) is 3.33. The van der Waals surface area contributed by atoms with E-state index in [0.717, 1.165) is 36.6 Å². The minimum absolute atomic E-state index is 0.185. The van der Waals surface area contributed by atoms with Gasteiger partial charge in [0.05, 0.1) is 19.2 Å². The van der Waals surface area contributed by atoms with Crippen LogP contribution in [0.4, 0.5) is 4.39 Å². The molecule has 0 bridgehead atoms. The highest BCUT2D eigenvalue weighted by molar-refractivity contribution is 5.80. The molecule has 2 heterocycles. The number of halogens is 1. The zero-order valence-electron chi connectivity index (χ0n) is 19.9. The second kappa shape index (κ2) is 9.95. The van der Waals surface area contributed by atoms with Gasteiger partial charge < -0.3 is 9.72 Å². The number of pyridine rings is 1. The quantitative estimate of drug-likeness (QED) is 0.433. The standard InChI is InChI=1S/C26H29FN6O2/c1-32(20-6-4-3-5-7-20)24(22-14-18-10-13-21(35-2)15-23(18)28-26(22)34)25-29-30-31-33(25)16-17-8-11-19(27)12-9-17/h8-15,20,24H,3-7,16H2,1-2H3,(H,28,34)/t24-/m0/s1. The molecular weight excluding hydrogens is 447 g/mol. The third kappa shape index (κ3) is 4.81. The Morgan fingerprint density at radius 3 is 2.66 bits per heavy atom. The molecule has 0 saturated heterocycles. The predicted octanol–water partition coefficient (Wildman–Crippen LogP) is 4.06. The molecule has 1 atom stereocenters. The zero-order chi connectivity index (χ0) is 24.4. The van der Waals surface area contributed by atoms with Crippen LogP contribution in [0.5, 0.6) is 5.75 Å². The van der Waals surface area contributed by atoms with Gasteiger partial charge >= 0.3 is 0 Å². The lowest BCUT2D eigenvalue weighted by Crippen LogP contribution is -2.40. The number of hydrogen-bond acceptors (Lipinski definition) is 6. The van der Waals surface area contributed by atoms with Gasteiger partial charge in [0.2, 0.25) is 0 Å². The van der Waals surface area contributed by atoms with Gasteiger partial charge in [-0.2, -0.15) is 0 Å². The first-order valence-corrected chi connectivity index (χ1v) is 12.0. The Hall–Kier alpha value is -3.59. The molecule has 0 spiro atoms. The van der Waals surface area contributed by atoms with Gasteiger partial charge in [-0.3, -0.25) is 9.69 Å². The largest absolute Gasteiger partial charge is 0.497 e. The van der Waals surface area contributed by atoms with Crippen LogP contribution in [0, 0.1) is 5.82 Å². The van der Waals surface area contributed by atoms with Crippen molar-refractivity contribution in [3.63, 3.8) is 0 Å². The van der Waals surface area contributed by atoms with Crippen molar-refractivity contribution in [2.24, 2.45) is 0 Å². The van der Waals surface area contributed by atoms with Crippen molar-refractivity contribution in [3.05, 3.63) is 81.7 Å². The Labute approximate surface area is 202 Å². The number of hydrogen-bond donors (Lipinski definition) is 1. The number of H-pyrrole nitrogens is 1. The first-order chi connectivity index (χ1) is 17.0. The van der Waals surface area contributed by atoms with Gasteiger partial charge in [0.15, 0.2) is 5.82 Å². The molecule has 182 valence electrons. The van der Waals surface area contributed by atoms with E-state index in [-0.39, 0.29) is 11.4 Å². The summed E-state index contributed by atoms with van der Waals surface area (Å²) in [5.74, 6) is 0.973. The summed E-state index contributed by atoms with van der Waals surface area (Å²) in [5, 5.41) is 13.5. The molecule has 0 amide bonds. The summed E-state index contributed by atoms with van der Waals surface area (Å²) in [6.45, 7) is 0.375. The number of fused-ring (bicyclic) bond motifs is 1. The Morgan fingerprint density at radius 1 is 1.14 bits per heavy atom. The Morgan fingerprint density at radius 2 is 1.91 bits per heavy atom. The van der Waals surface area contributed by atoms with Gasteiger partial charge in [-0.1, -0.05) is 31.4 Å². The van der Waals surface area contributed by atoms with Crippen molar-refractivity contribution in [1.82, 2.24) is 30.1 Å². The summed E-state index contributed by atoms with van der Waals surface area (Å²) in [5.41, 5.74) is 1.99. The molecule has 1 fully saturated rings. The number of ether oxygens (including phenoxy) is 1. The second-order valence-corrected chi connectivity index (χ2v) is 9.19. The van der Waals surface area contributed by atoms with Crippen molar-refractivity contribution in [2.75, 3.05) is 14.2 Å². The van der Waals surface area contributed by atoms with E-state index in [1.54, 1.807) is 23.9 Å². The highest BCUT2D eigenvalue weighted by Gasteiger charge is 2.33. The Balaban J connectivity index is 1.60. The normalized spacial score (nSPS) is 15.5. The molecule has 0 radical (unpaired) electrons. The maximum Gasteiger partial charge on any atom is 0.253 e.